The summed E-state index contributed by atoms with van der Waals surface area (Å²) in [6.07, 6.45) is 0.922. The van der Waals surface area contributed by atoms with Crippen molar-refractivity contribution in [1.82, 2.24) is 0 Å². The fourth-order valence-electron chi connectivity index (χ4n) is 1.91. The molecule has 0 radical (unpaired) electrons. The van der Waals surface area contributed by atoms with E-state index in [-0.39, 0.29) is 0 Å². The molecule has 0 aliphatic rings. The Balaban J connectivity index is 2.08. The second-order valence-corrected chi connectivity index (χ2v) is 4.36. The van der Waals surface area contributed by atoms with E-state index in [1.165, 1.54) is 11.1 Å². The molecule has 0 bridgehead atoms. The predicted molar refractivity (Wildman–Crippen MR) is 68.3 cm³/mol. The first-order valence-corrected chi connectivity index (χ1v) is 5.72. The van der Waals surface area contributed by atoms with Gasteiger partial charge in [-0.1, -0.05) is 31.2 Å². The first-order valence-electron chi connectivity index (χ1n) is 5.72. The van der Waals surface area contributed by atoms with E-state index in [9.17, 15) is 10.2 Å². The molecule has 2 rings (SSSR count). The molecule has 2 heteroatoms. The normalized spacial score (nSPS) is 12.3. The van der Waals surface area contributed by atoms with E-state index >= 15 is 0 Å². The standard InChI is InChI=1S/C15H16O2/c1-11(13-4-8-15(17)9-5-13)10-12-2-6-14(16)7-3-12/h2-9,11,16-17H,10H2,1H3. The molecule has 1 unspecified atom stereocenters. The maximum atomic E-state index is 9.23. The Morgan fingerprint density at radius 2 is 1.29 bits per heavy atom. The van der Waals surface area contributed by atoms with E-state index in [0.29, 0.717) is 17.4 Å². The number of hydrogen-bond donors (Lipinski definition) is 2. The van der Waals surface area contributed by atoms with Crippen LogP contribution in [0.25, 0.3) is 0 Å². The Bertz CT molecular complexity index is 471. The van der Waals surface area contributed by atoms with Gasteiger partial charge in [0.05, 0.1) is 0 Å². The lowest BCUT2D eigenvalue weighted by Crippen LogP contribution is -1.97. The van der Waals surface area contributed by atoms with Crippen molar-refractivity contribution >= 4 is 0 Å². The summed E-state index contributed by atoms with van der Waals surface area (Å²) in [7, 11) is 0. The maximum Gasteiger partial charge on any atom is 0.115 e. The molecule has 0 fully saturated rings. The van der Waals surface area contributed by atoms with Crippen LogP contribution < -0.4 is 0 Å². The lowest BCUT2D eigenvalue weighted by atomic mass is 9.94. The van der Waals surface area contributed by atoms with Gasteiger partial charge in [-0.05, 0) is 47.7 Å². The van der Waals surface area contributed by atoms with Crippen molar-refractivity contribution < 1.29 is 10.2 Å². The van der Waals surface area contributed by atoms with E-state index in [1.54, 1.807) is 24.3 Å². The Labute approximate surface area is 101 Å². The number of phenols is 2. The third kappa shape index (κ3) is 3.00. The lowest BCUT2D eigenvalue weighted by Gasteiger charge is -2.12. The average Bonchev–Trinajstić information content (AvgIpc) is 2.33. The molecule has 0 heterocycles. The fourth-order valence-corrected chi connectivity index (χ4v) is 1.91. The summed E-state index contributed by atoms with van der Waals surface area (Å²) in [5, 5.41) is 18.4. The van der Waals surface area contributed by atoms with Crippen molar-refractivity contribution in [3.05, 3.63) is 59.7 Å². The predicted octanol–water partition coefficient (Wildman–Crippen LogP) is 3.44. The summed E-state index contributed by atoms with van der Waals surface area (Å²) < 4.78 is 0. The van der Waals surface area contributed by atoms with Gasteiger partial charge in [-0.15, -0.1) is 0 Å². The van der Waals surface area contributed by atoms with Crippen molar-refractivity contribution in [3.8, 4) is 11.5 Å². The minimum absolute atomic E-state index is 0.297. The molecule has 0 aliphatic heterocycles. The summed E-state index contributed by atoms with van der Waals surface area (Å²) >= 11 is 0. The molecular weight excluding hydrogens is 212 g/mol. The van der Waals surface area contributed by atoms with Crippen LogP contribution in [0.4, 0.5) is 0 Å². The summed E-state index contributed by atoms with van der Waals surface area (Å²) in [4.78, 5) is 0. The van der Waals surface area contributed by atoms with Crippen LogP contribution in [-0.4, -0.2) is 10.2 Å². The first kappa shape index (κ1) is 11.5. The molecule has 17 heavy (non-hydrogen) atoms. The van der Waals surface area contributed by atoms with Crippen molar-refractivity contribution in [1.29, 1.82) is 0 Å². The van der Waals surface area contributed by atoms with Gasteiger partial charge >= 0.3 is 0 Å². The highest BCUT2D eigenvalue weighted by atomic mass is 16.3. The zero-order valence-electron chi connectivity index (χ0n) is 9.80. The third-order valence-corrected chi connectivity index (χ3v) is 2.94. The van der Waals surface area contributed by atoms with E-state index in [1.807, 2.05) is 24.3 Å². The average molecular weight is 228 g/mol. The molecule has 0 amide bonds. The van der Waals surface area contributed by atoms with Crippen molar-refractivity contribution in [2.45, 2.75) is 19.3 Å². The topological polar surface area (TPSA) is 40.5 Å². The zero-order chi connectivity index (χ0) is 12.3. The molecule has 2 aromatic carbocycles. The van der Waals surface area contributed by atoms with Crippen LogP contribution in [0.3, 0.4) is 0 Å². The van der Waals surface area contributed by atoms with Crippen LogP contribution in [0.5, 0.6) is 11.5 Å². The maximum absolute atomic E-state index is 9.23. The Morgan fingerprint density at radius 1 is 0.824 bits per heavy atom. The monoisotopic (exact) mass is 228 g/mol. The van der Waals surface area contributed by atoms with Crippen LogP contribution in [0, 0.1) is 0 Å². The minimum atomic E-state index is 0.297. The molecule has 0 spiro atoms. The molecule has 0 aromatic heterocycles. The van der Waals surface area contributed by atoms with Crippen molar-refractivity contribution in [2.24, 2.45) is 0 Å². The molecule has 2 N–H and O–H groups in total. The van der Waals surface area contributed by atoms with Crippen LogP contribution in [0.2, 0.25) is 0 Å². The molecular formula is C15H16O2. The molecule has 2 nitrogen and oxygen atoms in total. The van der Waals surface area contributed by atoms with Crippen LogP contribution in [-0.2, 0) is 6.42 Å². The molecule has 0 saturated carbocycles. The second-order valence-electron chi connectivity index (χ2n) is 4.36. The highest BCUT2D eigenvalue weighted by Crippen LogP contribution is 2.23. The van der Waals surface area contributed by atoms with E-state index in [4.69, 9.17) is 0 Å². The third-order valence-electron chi connectivity index (χ3n) is 2.94. The molecule has 2 aromatic rings. The Kier molecular flexibility index (Phi) is 3.33. The number of hydrogen-bond acceptors (Lipinski definition) is 2. The van der Waals surface area contributed by atoms with Gasteiger partial charge in [-0.25, -0.2) is 0 Å². The van der Waals surface area contributed by atoms with Crippen LogP contribution in [0.15, 0.2) is 48.5 Å². The summed E-state index contributed by atoms with van der Waals surface area (Å²) in [6.45, 7) is 2.15. The lowest BCUT2D eigenvalue weighted by molar-refractivity contribution is 0.474. The summed E-state index contributed by atoms with van der Waals surface area (Å²) in [5.74, 6) is 0.983. The zero-order valence-corrected chi connectivity index (χ0v) is 9.80. The summed E-state index contributed by atoms with van der Waals surface area (Å²) in [5.41, 5.74) is 2.40. The molecule has 0 saturated heterocycles. The van der Waals surface area contributed by atoms with E-state index in [2.05, 4.69) is 6.92 Å². The highest BCUT2D eigenvalue weighted by molar-refractivity contribution is 5.31. The van der Waals surface area contributed by atoms with Crippen LogP contribution in [0.1, 0.15) is 24.0 Å². The fraction of sp³-hybridized carbons (Fsp3) is 0.200. The quantitative estimate of drug-likeness (QED) is 0.844. The molecule has 1 atom stereocenters. The number of aromatic hydroxyl groups is 2. The molecule has 0 aliphatic carbocycles. The Hall–Kier alpha value is -1.96. The van der Waals surface area contributed by atoms with Gasteiger partial charge in [-0.3, -0.25) is 0 Å². The van der Waals surface area contributed by atoms with Gasteiger partial charge in [0.1, 0.15) is 11.5 Å². The second kappa shape index (κ2) is 4.91. The van der Waals surface area contributed by atoms with Gasteiger partial charge < -0.3 is 10.2 Å². The number of rotatable bonds is 3. The minimum Gasteiger partial charge on any atom is -0.508 e. The number of phenolic OH excluding ortho intramolecular Hbond substituents is 2. The van der Waals surface area contributed by atoms with Gasteiger partial charge in [0.2, 0.25) is 0 Å². The first-order chi connectivity index (χ1) is 8.15. The van der Waals surface area contributed by atoms with Gasteiger partial charge in [-0.2, -0.15) is 0 Å². The van der Waals surface area contributed by atoms with Crippen molar-refractivity contribution in [2.75, 3.05) is 0 Å². The van der Waals surface area contributed by atoms with E-state index in [0.717, 1.165) is 6.42 Å². The van der Waals surface area contributed by atoms with Crippen LogP contribution >= 0.6 is 0 Å². The molecule has 88 valence electrons. The van der Waals surface area contributed by atoms with E-state index < -0.39 is 0 Å². The van der Waals surface area contributed by atoms with Gasteiger partial charge in [0, 0.05) is 0 Å². The smallest absolute Gasteiger partial charge is 0.115 e. The number of benzene rings is 2. The SMILES string of the molecule is CC(Cc1ccc(O)cc1)c1ccc(O)cc1. The Morgan fingerprint density at radius 3 is 1.82 bits per heavy atom. The largest absolute Gasteiger partial charge is 0.508 e. The summed E-state index contributed by atoms with van der Waals surface area (Å²) in [6, 6.07) is 14.6. The van der Waals surface area contributed by atoms with Gasteiger partial charge in [0.15, 0.2) is 0 Å². The van der Waals surface area contributed by atoms with Gasteiger partial charge in [0.25, 0.3) is 0 Å². The highest BCUT2D eigenvalue weighted by Gasteiger charge is 2.06. The van der Waals surface area contributed by atoms with Crippen molar-refractivity contribution in [3.63, 3.8) is 0 Å².